The molecule has 0 saturated carbocycles. The highest BCUT2D eigenvalue weighted by atomic mass is 16.5. The standard InChI is InChI=1S/C30H40N6O4/c1-2-40-29(39)20-25(11-8-23-6-4-3-5-7-23)33-27(37)21-36-19-18-35(22-28(36)38)26-12-9-24(10-13-26)30(31)34-16-14-32-15-17-34/h3-7,9-10,12-13,25,31-32H,2,8,11,14-22H2,1H3,(H,33,37). The van der Waals surface area contributed by atoms with E-state index in [1.54, 1.807) is 11.8 Å². The quantitative estimate of drug-likeness (QED) is 0.222. The number of nitrogens with zero attached hydrogens (tertiary/aromatic N) is 3. The maximum Gasteiger partial charge on any atom is 0.307 e. The van der Waals surface area contributed by atoms with Crippen LogP contribution in [0.25, 0.3) is 0 Å². The van der Waals surface area contributed by atoms with Gasteiger partial charge in [0.05, 0.1) is 26.1 Å². The first-order valence-corrected chi connectivity index (χ1v) is 14.1. The van der Waals surface area contributed by atoms with E-state index in [1.165, 1.54) is 0 Å². The van der Waals surface area contributed by atoms with Crippen molar-refractivity contribution >= 4 is 29.3 Å². The second-order valence-corrected chi connectivity index (χ2v) is 10.2. The van der Waals surface area contributed by atoms with Crippen LogP contribution in [0, 0.1) is 5.41 Å². The number of anilines is 1. The molecule has 2 aliphatic heterocycles. The van der Waals surface area contributed by atoms with E-state index in [0.29, 0.717) is 32.0 Å². The van der Waals surface area contributed by atoms with Crippen molar-refractivity contribution in [3.8, 4) is 0 Å². The molecule has 0 aliphatic carbocycles. The predicted octanol–water partition coefficient (Wildman–Crippen LogP) is 1.64. The molecule has 40 heavy (non-hydrogen) atoms. The summed E-state index contributed by atoms with van der Waals surface area (Å²) < 4.78 is 5.10. The van der Waals surface area contributed by atoms with Crippen LogP contribution >= 0.6 is 0 Å². The molecule has 0 radical (unpaired) electrons. The minimum absolute atomic E-state index is 0.0435. The Kier molecular flexibility index (Phi) is 10.5. The average molecular weight is 549 g/mol. The Morgan fingerprint density at radius 2 is 1.75 bits per heavy atom. The number of benzene rings is 2. The molecule has 2 aliphatic rings. The second kappa shape index (κ2) is 14.5. The summed E-state index contributed by atoms with van der Waals surface area (Å²) in [6, 6.07) is 17.3. The van der Waals surface area contributed by atoms with Crippen LogP contribution in [0.1, 0.15) is 30.9 Å². The Balaban J connectivity index is 1.28. The zero-order valence-electron chi connectivity index (χ0n) is 23.2. The van der Waals surface area contributed by atoms with Gasteiger partial charge in [0.25, 0.3) is 0 Å². The Morgan fingerprint density at radius 1 is 1.02 bits per heavy atom. The number of hydrogen-bond donors (Lipinski definition) is 3. The van der Waals surface area contributed by atoms with Gasteiger partial charge in [-0.05, 0) is 49.6 Å². The van der Waals surface area contributed by atoms with Crippen LogP contribution in [-0.2, 0) is 25.5 Å². The molecular formula is C30H40N6O4. The number of hydrogen-bond acceptors (Lipinski definition) is 7. The van der Waals surface area contributed by atoms with Crippen LogP contribution in [0.5, 0.6) is 0 Å². The molecule has 2 fully saturated rings. The Bertz CT molecular complexity index is 1150. The number of piperazine rings is 2. The molecule has 0 spiro atoms. The molecule has 0 bridgehead atoms. The number of ether oxygens (including phenoxy) is 1. The van der Waals surface area contributed by atoms with Gasteiger partial charge in [-0.3, -0.25) is 19.8 Å². The molecule has 10 heteroatoms. The smallest absolute Gasteiger partial charge is 0.307 e. The van der Waals surface area contributed by atoms with Crippen LogP contribution in [0.3, 0.4) is 0 Å². The fourth-order valence-corrected chi connectivity index (χ4v) is 5.08. The summed E-state index contributed by atoms with van der Waals surface area (Å²) in [7, 11) is 0. The number of rotatable bonds is 11. The van der Waals surface area contributed by atoms with Gasteiger partial charge in [0.1, 0.15) is 5.84 Å². The maximum atomic E-state index is 12.9. The molecular weight excluding hydrogens is 508 g/mol. The molecule has 4 rings (SSSR count). The van der Waals surface area contributed by atoms with Gasteiger partial charge in [0, 0.05) is 56.6 Å². The lowest BCUT2D eigenvalue weighted by Gasteiger charge is -2.35. The summed E-state index contributed by atoms with van der Waals surface area (Å²) in [4.78, 5) is 43.6. The topological polar surface area (TPSA) is 118 Å². The maximum absolute atomic E-state index is 12.9. The van der Waals surface area contributed by atoms with Gasteiger partial charge in [0.15, 0.2) is 0 Å². The minimum Gasteiger partial charge on any atom is -0.466 e. The van der Waals surface area contributed by atoms with Crippen molar-refractivity contribution in [2.45, 2.75) is 32.2 Å². The van der Waals surface area contributed by atoms with E-state index in [9.17, 15) is 14.4 Å². The highest BCUT2D eigenvalue weighted by Gasteiger charge is 2.27. The van der Waals surface area contributed by atoms with E-state index >= 15 is 0 Å². The van der Waals surface area contributed by atoms with Gasteiger partial charge in [-0.25, -0.2) is 0 Å². The van der Waals surface area contributed by atoms with Crippen LogP contribution < -0.4 is 15.5 Å². The number of nitrogens with one attached hydrogen (secondary N) is 3. The van der Waals surface area contributed by atoms with Crippen molar-refractivity contribution in [2.75, 3.05) is 63.9 Å². The van der Waals surface area contributed by atoms with Crippen LogP contribution in [-0.4, -0.2) is 98.4 Å². The summed E-state index contributed by atoms with van der Waals surface area (Å²) in [5.74, 6) is -0.227. The molecule has 2 saturated heterocycles. The van der Waals surface area contributed by atoms with Crippen LogP contribution in [0.2, 0.25) is 0 Å². The third-order valence-electron chi connectivity index (χ3n) is 7.30. The molecule has 2 heterocycles. The van der Waals surface area contributed by atoms with Crippen molar-refractivity contribution in [2.24, 2.45) is 0 Å². The number of esters is 1. The van der Waals surface area contributed by atoms with Gasteiger partial charge in [-0.15, -0.1) is 0 Å². The lowest BCUT2D eigenvalue weighted by atomic mass is 10.0. The molecule has 214 valence electrons. The summed E-state index contributed by atoms with van der Waals surface area (Å²) in [5.41, 5.74) is 2.91. The summed E-state index contributed by atoms with van der Waals surface area (Å²) in [6.07, 6.45) is 1.41. The molecule has 0 aromatic heterocycles. The van der Waals surface area contributed by atoms with E-state index < -0.39 is 0 Å². The Labute approximate surface area is 236 Å². The van der Waals surface area contributed by atoms with Crippen molar-refractivity contribution in [3.63, 3.8) is 0 Å². The fourth-order valence-electron chi connectivity index (χ4n) is 5.08. The molecule has 2 amide bonds. The highest BCUT2D eigenvalue weighted by Crippen LogP contribution is 2.19. The number of amidine groups is 1. The summed E-state index contributed by atoms with van der Waals surface area (Å²) in [6.45, 7) is 6.62. The first kappa shape index (κ1) is 29.1. The van der Waals surface area contributed by atoms with E-state index in [-0.39, 0.29) is 43.3 Å². The Morgan fingerprint density at radius 3 is 2.42 bits per heavy atom. The summed E-state index contributed by atoms with van der Waals surface area (Å²) >= 11 is 0. The zero-order chi connectivity index (χ0) is 28.3. The number of carbonyl (C=O) groups excluding carboxylic acids is 3. The van der Waals surface area contributed by atoms with E-state index in [0.717, 1.165) is 49.4 Å². The lowest BCUT2D eigenvalue weighted by Crippen LogP contribution is -2.54. The lowest BCUT2D eigenvalue weighted by molar-refractivity contribution is -0.144. The molecule has 2 aromatic rings. The second-order valence-electron chi connectivity index (χ2n) is 10.2. The SMILES string of the molecule is CCOC(=O)CC(CCc1ccccc1)NC(=O)CN1CCN(c2ccc(C(=N)N3CCNCC3)cc2)CC1=O. The van der Waals surface area contributed by atoms with Gasteiger partial charge in [-0.1, -0.05) is 30.3 Å². The molecule has 1 unspecified atom stereocenters. The van der Waals surface area contributed by atoms with E-state index in [4.69, 9.17) is 10.1 Å². The number of carbonyl (C=O) groups is 3. The molecule has 2 aromatic carbocycles. The predicted molar refractivity (Wildman–Crippen MR) is 154 cm³/mol. The monoisotopic (exact) mass is 548 g/mol. The van der Waals surface area contributed by atoms with Gasteiger partial charge < -0.3 is 30.1 Å². The molecule has 10 nitrogen and oxygen atoms in total. The molecule has 1 atom stereocenters. The summed E-state index contributed by atoms with van der Waals surface area (Å²) in [5, 5.41) is 14.8. The van der Waals surface area contributed by atoms with Crippen molar-refractivity contribution in [1.82, 2.24) is 20.4 Å². The largest absolute Gasteiger partial charge is 0.466 e. The van der Waals surface area contributed by atoms with E-state index in [1.807, 2.05) is 59.5 Å². The first-order chi connectivity index (χ1) is 19.4. The van der Waals surface area contributed by atoms with Gasteiger partial charge >= 0.3 is 5.97 Å². The zero-order valence-corrected chi connectivity index (χ0v) is 23.2. The first-order valence-electron chi connectivity index (χ1n) is 14.1. The minimum atomic E-state index is -0.374. The molecule has 3 N–H and O–H groups in total. The van der Waals surface area contributed by atoms with Crippen molar-refractivity contribution in [3.05, 3.63) is 65.7 Å². The van der Waals surface area contributed by atoms with E-state index in [2.05, 4.69) is 15.5 Å². The average Bonchev–Trinajstić information content (AvgIpc) is 2.98. The van der Waals surface area contributed by atoms with Crippen LogP contribution in [0.15, 0.2) is 54.6 Å². The number of amides is 2. The van der Waals surface area contributed by atoms with Crippen molar-refractivity contribution in [1.29, 1.82) is 5.41 Å². The van der Waals surface area contributed by atoms with Crippen molar-refractivity contribution < 1.29 is 19.1 Å². The Hall–Kier alpha value is -3.92. The number of aryl methyl sites for hydroxylation is 1. The normalized spacial score (nSPS) is 16.4. The van der Waals surface area contributed by atoms with Gasteiger partial charge in [0.2, 0.25) is 11.8 Å². The van der Waals surface area contributed by atoms with Crippen LogP contribution in [0.4, 0.5) is 5.69 Å². The third-order valence-corrected chi connectivity index (χ3v) is 7.30. The fraction of sp³-hybridized carbons (Fsp3) is 0.467. The highest BCUT2D eigenvalue weighted by molar-refractivity contribution is 5.97. The third kappa shape index (κ3) is 8.29. The van der Waals surface area contributed by atoms with Gasteiger partial charge in [-0.2, -0.15) is 0 Å².